The molecule has 0 fully saturated rings. The first-order valence-corrected chi connectivity index (χ1v) is 7.39. The molecule has 2 aliphatic carbocycles. The molecule has 0 aliphatic heterocycles. The lowest BCUT2D eigenvalue weighted by atomic mass is 9.71. The first-order chi connectivity index (χ1) is 8.69. The molecule has 0 unspecified atom stereocenters. The quantitative estimate of drug-likeness (QED) is 0.675. The summed E-state index contributed by atoms with van der Waals surface area (Å²) in [5.74, 6) is 0.945. The highest BCUT2D eigenvalue weighted by Crippen LogP contribution is 2.56. The van der Waals surface area contributed by atoms with Crippen molar-refractivity contribution >= 4 is 5.78 Å². The standard InChI is InChI=1S/C18H24O/c1-10-9-13-16(12-7-8-14(19)15(10)12)18(5,6)11(2)17(13,3)4/h9,11H,7-8H2,1-6H3/t11-/m1/s1. The number of fused-ring (bicyclic) bond motifs is 3. The van der Waals surface area contributed by atoms with Crippen LogP contribution in [0.15, 0.2) is 6.07 Å². The molecule has 0 radical (unpaired) electrons. The van der Waals surface area contributed by atoms with Crippen molar-refractivity contribution < 1.29 is 4.79 Å². The van der Waals surface area contributed by atoms with Crippen molar-refractivity contribution in [2.75, 3.05) is 0 Å². The fourth-order valence-electron chi connectivity index (χ4n) is 4.48. The van der Waals surface area contributed by atoms with Crippen molar-refractivity contribution in [2.45, 2.75) is 65.2 Å². The SMILES string of the molecule is Cc1cc2c(c3c1C(=O)CC3)C(C)(C)[C@H](C)C2(C)C. The zero-order chi connectivity index (χ0) is 14.2. The van der Waals surface area contributed by atoms with Gasteiger partial charge in [-0.2, -0.15) is 0 Å². The number of hydrogen-bond donors (Lipinski definition) is 0. The molecular formula is C18H24O. The molecule has 1 aromatic rings. The molecule has 1 heteroatoms. The minimum Gasteiger partial charge on any atom is -0.294 e. The van der Waals surface area contributed by atoms with Crippen LogP contribution in [-0.2, 0) is 17.3 Å². The van der Waals surface area contributed by atoms with Crippen LogP contribution >= 0.6 is 0 Å². The maximum absolute atomic E-state index is 12.1. The second-order valence-electron chi connectivity index (χ2n) is 7.56. The molecule has 3 rings (SSSR count). The Morgan fingerprint density at radius 3 is 2.37 bits per heavy atom. The van der Waals surface area contributed by atoms with E-state index in [2.05, 4.69) is 47.6 Å². The molecule has 1 nitrogen and oxygen atoms in total. The Kier molecular flexibility index (Phi) is 2.38. The van der Waals surface area contributed by atoms with Gasteiger partial charge in [0.05, 0.1) is 0 Å². The molecule has 0 N–H and O–H groups in total. The van der Waals surface area contributed by atoms with E-state index < -0.39 is 0 Å². The summed E-state index contributed by atoms with van der Waals surface area (Å²) in [5.41, 5.74) is 6.92. The summed E-state index contributed by atoms with van der Waals surface area (Å²) < 4.78 is 0. The highest BCUT2D eigenvalue weighted by Gasteiger charge is 2.50. The molecule has 0 saturated carbocycles. The Morgan fingerprint density at radius 2 is 1.74 bits per heavy atom. The van der Waals surface area contributed by atoms with Gasteiger partial charge < -0.3 is 0 Å². The molecule has 0 saturated heterocycles. The van der Waals surface area contributed by atoms with E-state index in [1.54, 1.807) is 0 Å². The summed E-state index contributed by atoms with van der Waals surface area (Å²) in [6.45, 7) is 13.9. The van der Waals surface area contributed by atoms with Crippen LogP contribution in [0.2, 0.25) is 0 Å². The molecule has 1 atom stereocenters. The lowest BCUT2D eigenvalue weighted by Crippen LogP contribution is -2.31. The third-order valence-electron chi connectivity index (χ3n) is 6.01. The van der Waals surface area contributed by atoms with Gasteiger partial charge in [-0.05, 0) is 52.3 Å². The van der Waals surface area contributed by atoms with Crippen molar-refractivity contribution in [1.82, 2.24) is 0 Å². The van der Waals surface area contributed by atoms with Crippen LogP contribution in [-0.4, -0.2) is 5.78 Å². The molecule has 1 aromatic carbocycles. The molecule has 0 bridgehead atoms. The normalized spacial score (nSPS) is 26.4. The summed E-state index contributed by atoms with van der Waals surface area (Å²) in [6, 6.07) is 2.29. The average Bonchev–Trinajstić information content (AvgIpc) is 2.74. The summed E-state index contributed by atoms with van der Waals surface area (Å²) in [4.78, 5) is 12.1. The number of carbonyl (C=O) groups is 1. The van der Waals surface area contributed by atoms with Crippen LogP contribution in [0.5, 0.6) is 0 Å². The summed E-state index contributed by atoms with van der Waals surface area (Å²) in [6.07, 6.45) is 1.65. The summed E-state index contributed by atoms with van der Waals surface area (Å²) in [7, 11) is 0. The van der Waals surface area contributed by atoms with Crippen molar-refractivity contribution in [3.63, 3.8) is 0 Å². The number of benzene rings is 1. The summed E-state index contributed by atoms with van der Waals surface area (Å²) in [5, 5.41) is 0. The molecule has 2 aliphatic rings. The van der Waals surface area contributed by atoms with Crippen molar-refractivity contribution in [3.05, 3.63) is 33.9 Å². The number of rotatable bonds is 0. The van der Waals surface area contributed by atoms with Gasteiger partial charge in [0.2, 0.25) is 0 Å². The van der Waals surface area contributed by atoms with Gasteiger partial charge in [-0.3, -0.25) is 4.79 Å². The van der Waals surface area contributed by atoms with Gasteiger partial charge in [0.25, 0.3) is 0 Å². The lowest BCUT2D eigenvalue weighted by molar-refractivity contribution is 0.0994. The van der Waals surface area contributed by atoms with E-state index >= 15 is 0 Å². The highest BCUT2D eigenvalue weighted by atomic mass is 16.1. The lowest BCUT2D eigenvalue weighted by Gasteiger charge is -2.33. The van der Waals surface area contributed by atoms with Crippen molar-refractivity contribution in [1.29, 1.82) is 0 Å². The van der Waals surface area contributed by atoms with Crippen LogP contribution in [0.25, 0.3) is 0 Å². The first kappa shape index (κ1) is 12.9. The Labute approximate surface area is 116 Å². The van der Waals surface area contributed by atoms with E-state index in [9.17, 15) is 4.79 Å². The van der Waals surface area contributed by atoms with Crippen LogP contribution in [0.3, 0.4) is 0 Å². The monoisotopic (exact) mass is 256 g/mol. The van der Waals surface area contributed by atoms with Crippen molar-refractivity contribution in [2.24, 2.45) is 5.92 Å². The van der Waals surface area contributed by atoms with Gasteiger partial charge >= 0.3 is 0 Å². The van der Waals surface area contributed by atoms with Gasteiger partial charge in [0, 0.05) is 12.0 Å². The van der Waals surface area contributed by atoms with Crippen LogP contribution in [0.1, 0.15) is 73.7 Å². The fraction of sp³-hybridized carbons (Fsp3) is 0.611. The van der Waals surface area contributed by atoms with Crippen molar-refractivity contribution in [3.8, 4) is 0 Å². The fourth-order valence-corrected chi connectivity index (χ4v) is 4.48. The number of carbonyl (C=O) groups excluding carboxylic acids is 1. The molecule has 19 heavy (non-hydrogen) atoms. The molecule has 0 spiro atoms. The van der Waals surface area contributed by atoms with E-state index in [0.717, 1.165) is 12.0 Å². The second-order valence-corrected chi connectivity index (χ2v) is 7.56. The van der Waals surface area contributed by atoms with Gasteiger partial charge in [0.1, 0.15) is 0 Å². The minimum atomic E-state index is 0.168. The Balaban J connectivity index is 2.40. The van der Waals surface area contributed by atoms with E-state index in [1.165, 1.54) is 22.3 Å². The Bertz CT molecular complexity index is 590. The molecule has 0 amide bonds. The third-order valence-corrected chi connectivity index (χ3v) is 6.01. The van der Waals surface area contributed by atoms with Gasteiger partial charge in [-0.15, -0.1) is 0 Å². The largest absolute Gasteiger partial charge is 0.294 e. The van der Waals surface area contributed by atoms with Crippen LogP contribution < -0.4 is 0 Å². The van der Waals surface area contributed by atoms with E-state index in [4.69, 9.17) is 0 Å². The smallest absolute Gasteiger partial charge is 0.163 e. The topological polar surface area (TPSA) is 17.1 Å². The van der Waals surface area contributed by atoms with E-state index in [-0.39, 0.29) is 10.8 Å². The number of hydrogen-bond acceptors (Lipinski definition) is 1. The number of Topliss-reactive ketones (excluding diaryl/α,β-unsaturated/α-hetero) is 1. The summed E-state index contributed by atoms with van der Waals surface area (Å²) >= 11 is 0. The van der Waals surface area contributed by atoms with Crippen LogP contribution in [0, 0.1) is 12.8 Å². The predicted molar refractivity (Wildman–Crippen MR) is 79.0 cm³/mol. The molecule has 102 valence electrons. The number of aryl methyl sites for hydroxylation is 1. The van der Waals surface area contributed by atoms with Gasteiger partial charge in [0.15, 0.2) is 5.78 Å². The zero-order valence-electron chi connectivity index (χ0n) is 13.0. The third kappa shape index (κ3) is 1.39. The first-order valence-electron chi connectivity index (χ1n) is 7.39. The highest BCUT2D eigenvalue weighted by molar-refractivity contribution is 6.02. The van der Waals surface area contributed by atoms with E-state index in [1.807, 2.05) is 0 Å². The van der Waals surface area contributed by atoms with Crippen LogP contribution in [0.4, 0.5) is 0 Å². The Hall–Kier alpha value is -1.11. The maximum Gasteiger partial charge on any atom is 0.163 e. The van der Waals surface area contributed by atoms with Gasteiger partial charge in [-0.1, -0.05) is 40.7 Å². The zero-order valence-corrected chi connectivity index (χ0v) is 13.0. The van der Waals surface area contributed by atoms with E-state index in [0.29, 0.717) is 18.1 Å². The molecular weight excluding hydrogens is 232 g/mol. The second kappa shape index (κ2) is 3.50. The average molecular weight is 256 g/mol. The maximum atomic E-state index is 12.1. The molecule has 0 aromatic heterocycles. The molecule has 0 heterocycles. The predicted octanol–water partition coefficient (Wildman–Crippen LogP) is 4.33. The minimum absolute atomic E-state index is 0.168. The van der Waals surface area contributed by atoms with Gasteiger partial charge in [-0.25, -0.2) is 0 Å². The number of ketones is 1. The Morgan fingerprint density at radius 1 is 1.11 bits per heavy atom.